The summed E-state index contributed by atoms with van der Waals surface area (Å²) in [6.07, 6.45) is 11.8. The molecule has 0 saturated heterocycles. The fourth-order valence-corrected chi connectivity index (χ4v) is 5.93. The third kappa shape index (κ3) is 1.53. The van der Waals surface area contributed by atoms with Gasteiger partial charge in [0.1, 0.15) is 0 Å². The topological polar surface area (TPSA) is 38.0 Å². The summed E-state index contributed by atoms with van der Waals surface area (Å²) < 4.78 is 0. The summed E-state index contributed by atoms with van der Waals surface area (Å²) in [5, 5.41) is 0. The lowest BCUT2D eigenvalue weighted by Crippen LogP contribution is -2.44. The Kier molecular flexibility index (Phi) is 2.52. The lowest BCUT2D eigenvalue weighted by Gasteiger charge is -2.31. The van der Waals surface area contributed by atoms with Gasteiger partial charge in [-0.15, -0.1) is 0 Å². The van der Waals surface area contributed by atoms with Crippen molar-refractivity contribution < 1.29 is 0 Å². The summed E-state index contributed by atoms with van der Waals surface area (Å²) in [4.78, 5) is 0. The van der Waals surface area contributed by atoms with E-state index in [1.807, 2.05) is 0 Å². The Hall–Kier alpha value is -0.0800. The number of hydrogen-bond acceptors (Lipinski definition) is 2. The van der Waals surface area contributed by atoms with E-state index in [0.29, 0.717) is 6.04 Å². The standard InChI is InChI=1S/C15H26N2/c16-17-15(9-4-2-1-3-5-9)14-12-10-6-7-11(8-10)13(12)14/h9-15,17H,1-8,16H2. The normalized spacial score (nSPS) is 50.3. The summed E-state index contributed by atoms with van der Waals surface area (Å²) in [6, 6.07) is 0.661. The van der Waals surface area contributed by atoms with E-state index in [2.05, 4.69) is 5.43 Å². The highest BCUT2D eigenvalue weighted by Gasteiger charge is 2.67. The van der Waals surface area contributed by atoms with Gasteiger partial charge in [-0.05, 0) is 67.6 Å². The highest BCUT2D eigenvalue weighted by Crippen LogP contribution is 2.70. The Balaban J connectivity index is 1.47. The maximum Gasteiger partial charge on any atom is 0.0272 e. The van der Waals surface area contributed by atoms with E-state index in [9.17, 15) is 0 Å². The smallest absolute Gasteiger partial charge is 0.0272 e. The summed E-state index contributed by atoms with van der Waals surface area (Å²) >= 11 is 0. The van der Waals surface area contributed by atoms with Gasteiger partial charge in [0.25, 0.3) is 0 Å². The van der Waals surface area contributed by atoms with Crippen molar-refractivity contribution in [1.82, 2.24) is 5.43 Å². The number of hydrogen-bond donors (Lipinski definition) is 2. The highest BCUT2D eigenvalue weighted by molar-refractivity contribution is 5.16. The quantitative estimate of drug-likeness (QED) is 0.582. The molecule has 2 nitrogen and oxygen atoms in total. The predicted octanol–water partition coefficient (Wildman–Crippen LogP) is 2.69. The fourth-order valence-electron chi connectivity index (χ4n) is 5.93. The van der Waals surface area contributed by atoms with Crippen molar-refractivity contribution >= 4 is 0 Å². The van der Waals surface area contributed by atoms with Crippen LogP contribution in [0, 0.1) is 35.5 Å². The number of nitrogens with one attached hydrogen (secondary N) is 1. The van der Waals surface area contributed by atoms with Gasteiger partial charge in [-0.1, -0.05) is 19.3 Å². The van der Waals surface area contributed by atoms with E-state index in [4.69, 9.17) is 5.84 Å². The van der Waals surface area contributed by atoms with Crippen LogP contribution in [0.1, 0.15) is 51.4 Å². The minimum Gasteiger partial charge on any atom is -0.271 e. The van der Waals surface area contributed by atoms with Crippen LogP contribution in [0.2, 0.25) is 0 Å². The van der Waals surface area contributed by atoms with Crippen molar-refractivity contribution in [2.45, 2.75) is 57.4 Å². The number of fused-ring (bicyclic) bond motifs is 5. The number of rotatable bonds is 3. The van der Waals surface area contributed by atoms with Crippen LogP contribution in [0.3, 0.4) is 0 Å². The molecule has 4 aliphatic rings. The van der Waals surface area contributed by atoms with Crippen LogP contribution < -0.4 is 11.3 Å². The van der Waals surface area contributed by atoms with Gasteiger partial charge >= 0.3 is 0 Å². The molecule has 0 aromatic heterocycles. The Labute approximate surface area is 105 Å². The van der Waals surface area contributed by atoms with E-state index in [1.165, 1.54) is 44.9 Å². The van der Waals surface area contributed by atoms with Gasteiger partial charge in [0.15, 0.2) is 0 Å². The maximum absolute atomic E-state index is 5.91. The second-order valence-corrected chi connectivity index (χ2v) is 7.16. The zero-order valence-electron chi connectivity index (χ0n) is 10.8. The first kappa shape index (κ1) is 10.8. The van der Waals surface area contributed by atoms with Gasteiger partial charge in [-0.2, -0.15) is 0 Å². The van der Waals surface area contributed by atoms with Crippen LogP contribution in [0.15, 0.2) is 0 Å². The zero-order valence-corrected chi connectivity index (χ0v) is 10.8. The van der Waals surface area contributed by atoms with Crippen LogP contribution in [-0.2, 0) is 0 Å². The molecule has 0 aliphatic heterocycles. The van der Waals surface area contributed by atoms with Crippen molar-refractivity contribution in [2.24, 2.45) is 41.4 Å². The maximum atomic E-state index is 5.91. The van der Waals surface area contributed by atoms with Crippen molar-refractivity contribution in [3.63, 3.8) is 0 Å². The number of hydrazine groups is 1. The molecule has 2 heteroatoms. The minimum atomic E-state index is 0.661. The van der Waals surface area contributed by atoms with Gasteiger partial charge in [0.2, 0.25) is 0 Å². The van der Waals surface area contributed by atoms with Gasteiger partial charge in [0.05, 0.1) is 0 Å². The van der Waals surface area contributed by atoms with Crippen LogP contribution in [0.5, 0.6) is 0 Å². The molecule has 4 aliphatic carbocycles. The SMILES string of the molecule is NNC(C1CCCCC1)C1C2C3CCC(C3)C21. The van der Waals surface area contributed by atoms with Crippen molar-refractivity contribution in [2.75, 3.05) is 0 Å². The lowest BCUT2D eigenvalue weighted by atomic mass is 9.80. The molecule has 3 N–H and O–H groups in total. The largest absolute Gasteiger partial charge is 0.271 e. The molecule has 5 unspecified atom stereocenters. The molecule has 4 rings (SSSR count). The zero-order chi connectivity index (χ0) is 11.4. The molecular formula is C15H26N2. The molecule has 0 spiro atoms. The molecule has 4 saturated carbocycles. The molecule has 2 bridgehead atoms. The molecule has 0 aromatic rings. The number of nitrogens with two attached hydrogens (primary N) is 1. The van der Waals surface area contributed by atoms with E-state index < -0.39 is 0 Å². The van der Waals surface area contributed by atoms with Gasteiger partial charge < -0.3 is 0 Å². The van der Waals surface area contributed by atoms with Crippen molar-refractivity contribution in [1.29, 1.82) is 0 Å². The molecule has 0 amide bonds. The van der Waals surface area contributed by atoms with E-state index in [-0.39, 0.29) is 0 Å². The summed E-state index contributed by atoms with van der Waals surface area (Å²) in [6.45, 7) is 0. The summed E-state index contributed by atoms with van der Waals surface area (Å²) in [5.41, 5.74) is 3.23. The van der Waals surface area contributed by atoms with Crippen LogP contribution in [0.4, 0.5) is 0 Å². The van der Waals surface area contributed by atoms with Crippen LogP contribution in [-0.4, -0.2) is 6.04 Å². The van der Waals surface area contributed by atoms with Crippen molar-refractivity contribution in [3.8, 4) is 0 Å². The van der Waals surface area contributed by atoms with Crippen LogP contribution in [0.25, 0.3) is 0 Å². The van der Waals surface area contributed by atoms with Gasteiger partial charge in [0, 0.05) is 6.04 Å². The van der Waals surface area contributed by atoms with E-state index in [0.717, 1.165) is 35.5 Å². The molecule has 17 heavy (non-hydrogen) atoms. The van der Waals surface area contributed by atoms with E-state index >= 15 is 0 Å². The Morgan fingerprint density at radius 1 is 0.882 bits per heavy atom. The molecule has 4 fully saturated rings. The molecule has 5 atom stereocenters. The van der Waals surface area contributed by atoms with Gasteiger partial charge in [-0.3, -0.25) is 11.3 Å². The molecule has 96 valence electrons. The Morgan fingerprint density at radius 3 is 2.12 bits per heavy atom. The average molecular weight is 234 g/mol. The fraction of sp³-hybridized carbons (Fsp3) is 1.00. The molecule has 0 heterocycles. The first-order valence-electron chi connectivity index (χ1n) is 7.86. The highest BCUT2D eigenvalue weighted by atomic mass is 15.2. The molecular weight excluding hydrogens is 208 g/mol. The molecule has 0 aromatic carbocycles. The Bertz CT molecular complexity index is 281. The molecule has 0 radical (unpaired) electrons. The third-order valence-corrected chi connectivity index (χ3v) is 6.56. The third-order valence-electron chi connectivity index (χ3n) is 6.56. The lowest BCUT2D eigenvalue weighted by molar-refractivity contribution is 0.223. The summed E-state index contributed by atoms with van der Waals surface area (Å²) in [7, 11) is 0. The average Bonchev–Trinajstić information content (AvgIpc) is 2.81. The van der Waals surface area contributed by atoms with Crippen molar-refractivity contribution in [3.05, 3.63) is 0 Å². The Morgan fingerprint density at radius 2 is 1.53 bits per heavy atom. The van der Waals surface area contributed by atoms with Crippen LogP contribution >= 0.6 is 0 Å². The monoisotopic (exact) mass is 234 g/mol. The van der Waals surface area contributed by atoms with Gasteiger partial charge in [-0.25, -0.2) is 0 Å². The second-order valence-electron chi connectivity index (χ2n) is 7.16. The first-order chi connectivity index (χ1) is 8.40. The minimum absolute atomic E-state index is 0.661. The first-order valence-corrected chi connectivity index (χ1v) is 7.86. The second kappa shape index (κ2) is 3.96. The predicted molar refractivity (Wildman–Crippen MR) is 69.0 cm³/mol. The van der Waals surface area contributed by atoms with E-state index in [1.54, 1.807) is 6.42 Å². The summed E-state index contributed by atoms with van der Waals surface area (Å²) in [5.74, 6) is 12.1.